The van der Waals surface area contributed by atoms with Crippen molar-refractivity contribution in [2.24, 2.45) is 5.16 Å². The van der Waals surface area contributed by atoms with Gasteiger partial charge in [-0.3, -0.25) is 0 Å². The predicted octanol–water partition coefficient (Wildman–Crippen LogP) is 4.62. The van der Waals surface area contributed by atoms with Crippen molar-refractivity contribution in [3.05, 3.63) is 67.3 Å². The summed E-state index contributed by atoms with van der Waals surface area (Å²) in [6.45, 7) is 7.22. The monoisotopic (exact) mass is 449 g/mol. The lowest BCUT2D eigenvalue weighted by Gasteiger charge is -2.14. The summed E-state index contributed by atoms with van der Waals surface area (Å²) < 4.78 is 16.0. The van der Waals surface area contributed by atoms with Crippen molar-refractivity contribution in [1.82, 2.24) is 9.97 Å². The summed E-state index contributed by atoms with van der Waals surface area (Å²) in [5.74, 6) is 0.222. The molecular weight excluding hydrogens is 422 g/mol. The van der Waals surface area contributed by atoms with Gasteiger partial charge < -0.3 is 19.0 Å². The number of para-hydroxylation sites is 2. The molecule has 2 aromatic rings. The van der Waals surface area contributed by atoms with Gasteiger partial charge in [-0.05, 0) is 44.2 Å². The average molecular weight is 450 g/mol. The number of nitrogens with zero attached hydrogens (tertiary/aromatic N) is 3. The minimum atomic E-state index is -0.811. The molecule has 0 saturated heterocycles. The van der Waals surface area contributed by atoms with Crippen LogP contribution in [0.4, 0.5) is 0 Å². The van der Waals surface area contributed by atoms with Gasteiger partial charge in [-0.2, -0.15) is 0 Å². The minimum Gasteiger partial charge on any atom is -0.479 e. The smallest absolute Gasteiger partial charge is 0.347 e. The van der Waals surface area contributed by atoms with Crippen LogP contribution in [-0.2, 0) is 19.1 Å². The van der Waals surface area contributed by atoms with E-state index in [0.29, 0.717) is 11.6 Å². The molecule has 0 amide bonds. The van der Waals surface area contributed by atoms with Crippen molar-refractivity contribution in [2.45, 2.75) is 27.4 Å². The van der Waals surface area contributed by atoms with Crippen LogP contribution >= 0.6 is 12.4 Å². The molecule has 168 valence electrons. The molecule has 9 heteroatoms. The van der Waals surface area contributed by atoms with Gasteiger partial charge in [-0.15, -0.1) is 12.4 Å². The molecule has 2 rings (SSSR count). The van der Waals surface area contributed by atoms with E-state index in [9.17, 15) is 4.79 Å². The zero-order valence-electron chi connectivity index (χ0n) is 16.8. The molecule has 0 radical (unpaired) electrons. The topological polar surface area (TPSA) is 92.1 Å². The number of fused-ring (bicyclic) bond motifs is 1. The molecule has 0 bridgehead atoms. The fourth-order valence-electron chi connectivity index (χ4n) is 2.07. The maximum absolute atomic E-state index is 11.9. The van der Waals surface area contributed by atoms with E-state index < -0.39 is 12.1 Å². The molecule has 8 nitrogen and oxygen atoms in total. The van der Waals surface area contributed by atoms with Crippen molar-refractivity contribution in [3.8, 4) is 5.88 Å². The predicted molar refractivity (Wildman–Crippen MR) is 123 cm³/mol. The molecule has 1 aromatic carbocycles. The maximum atomic E-state index is 11.9. The fourth-order valence-corrected chi connectivity index (χ4v) is 2.07. The van der Waals surface area contributed by atoms with Gasteiger partial charge in [0.15, 0.2) is 12.7 Å². The van der Waals surface area contributed by atoms with Gasteiger partial charge in [0, 0.05) is 6.21 Å². The number of hydrogen-bond acceptors (Lipinski definition) is 8. The van der Waals surface area contributed by atoms with E-state index in [4.69, 9.17) is 19.0 Å². The molecule has 0 saturated carbocycles. The molecule has 1 atom stereocenters. The number of oxime groups is 1. The highest BCUT2D eigenvalue weighted by Crippen LogP contribution is 2.13. The van der Waals surface area contributed by atoms with E-state index in [2.05, 4.69) is 21.7 Å². The highest BCUT2D eigenvalue weighted by molar-refractivity contribution is 5.85. The Kier molecular flexibility index (Phi) is 13.8. The highest BCUT2D eigenvalue weighted by atomic mass is 35.5. The summed E-state index contributed by atoms with van der Waals surface area (Å²) in [6.07, 6.45) is 8.33. The van der Waals surface area contributed by atoms with E-state index in [1.165, 1.54) is 24.7 Å². The molecule has 0 aliphatic rings. The van der Waals surface area contributed by atoms with Crippen LogP contribution < -0.4 is 4.74 Å². The third kappa shape index (κ3) is 9.77. The molecule has 0 N–H and O–H groups in total. The normalized spacial score (nSPS) is 12.0. The standard InChI is InChI=1S/C21H23N3O5.CH4.ClH/c1-4-17(29-16(3)21(25)27-13-14-28-23-5-2)9-8-12-26-20-15-22-18-10-6-7-11-19(18)24-20;;/h4-12,15-16H,1,13-14H2,2-3H3;1H4;1H/b12-8+,17-9+,23-5?;;/t16-;;/m1../s1. The lowest BCUT2D eigenvalue weighted by molar-refractivity contribution is -0.154. The van der Waals surface area contributed by atoms with Gasteiger partial charge in [0.25, 0.3) is 0 Å². The molecule has 1 aromatic heterocycles. The number of hydrogen-bond donors (Lipinski definition) is 0. The Balaban J connectivity index is 0.00000450. The van der Waals surface area contributed by atoms with Crippen LogP contribution in [0.3, 0.4) is 0 Å². The van der Waals surface area contributed by atoms with Gasteiger partial charge >= 0.3 is 5.97 Å². The first-order valence-corrected chi connectivity index (χ1v) is 8.95. The largest absolute Gasteiger partial charge is 0.479 e. The Hall–Kier alpha value is -3.39. The van der Waals surface area contributed by atoms with Crippen LogP contribution in [0.5, 0.6) is 5.88 Å². The lowest BCUT2D eigenvalue weighted by Crippen LogP contribution is -2.24. The first-order valence-electron chi connectivity index (χ1n) is 8.95. The van der Waals surface area contributed by atoms with Crippen LogP contribution in [0.2, 0.25) is 0 Å². The van der Waals surface area contributed by atoms with E-state index in [1.54, 1.807) is 26.0 Å². The van der Waals surface area contributed by atoms with E-state index in [1.807, 2.05) is 24.3 Å². The summed E-state index contributed by atoms with van der Waals surface area (Å²) >= 11 is 0. The van der Waals surface area contributed by atoms with Crippen LogP contribution in [0, 0.1) is 0 Å². The number of benzene rings is 1. The number of halogens is 1. The van der Waals surface area contributed by atoms with E-state index in [0.717, 1.165) is 11.0 Å². The SMILES string of the molecule is C.C=C/C(=C\C=C\Oc1cnc2ccccc2n1)O[C@H](C)C(=O)OCCON=CC.Cl. The molecule has 1 heterocycles. The van der Waals surface area contributed by atoms with Crippen molar-refractivity contribution in [2.75, 3.05) is 13.2 Å². The zero-order chi connectivity index (χ0) is 20.9. The second-order valence-corrected chi connectivity index (χ2v) is 5.54. The summed E-state index contributed by atoms with van der Waals surface area (Å²) in [7, 11) is 0. The van der Waals surface area contributed by atoms with Gasteiger partial charge in [-0.1, -0.05) is 31.3 Å². The number of carbonyl (C=O) groups excluding carboxylic acids is 1. The highest BCUT2D eigenvalue weighted by Gasteiger charge is 2.16. The number of ether oxygens (including phenoxy) is 3. The van der Waals surface area contributed by atoms with Crippen molar-refractivity contribution in [3.63, 3.8) is 0 Å². The molecule has 0 spiro atoms. The molecule has 0 unspecified atom stereocenters. The van der Waals surface area contributed by atoms with Crippen LogP contribution in [0.1, 0.15) is 21.3 Å². The molecule has 0 fully saturated rings. The number of esters is 1. The van der Waals surface area contributed by atoms with Crippen molar-refractivity contribution in [1.29, 1.82) is 0 Å². The third-order valence-corrected chi connectivity index (χ3v) is 3.40. The summed E-state index contributed by atoms with van der Waals surface area (Å²) in [5.41, 5.74) is 1.53. The fraction of sp³-hybridized carbons (Fsp3) is 0.273. The second kappa shape index (κ2) is 15.4. The zero-order valence-corrected chi connectivity index (χ0v) is 17.6. The minimum absolute atomic E-state index is 0. The van der Waals surface area contributed by atoms with E-state index >= 15 is 0 Å². The molecule has 31 heavy (non-hydrogen) atoms. The Morgan fingerprint density at radius 2 is 2.00 bits per heavy atom. The van der Waals surface area contributed by atoms with E-state index in [-0.39, 0.29) is 33.0 Å². The van der Waals surface area contributed by atoms with Gasteiger partial charge in [0.1, 0.15) is 12.4 Å². The third-order valence-electron chi connectivity index (χ3n) is 3.40. The van der Waals surface area contributed by atoms with Gasteiger partial charge in [0.05, 0.1) is 23.5 Å². The van der Waals surface area contributed by atoms with Crippen molar-refractivity contribution < 1.29 is 23.8 Å². The summed E-state index contributed by atoms with van der Waals surface area (Å²) in [5, 5.41) is 3.56. The second-order valence-electron chi connectivity index (χ2n) is 5.54. The molecular formula is C22H28ClN3O5. The van der Waals surface area contributed by atoms with Crippen LogP contribution in [0.25, 0.3) is 11.0 Å². The number of carbonyl (C=O) groups is 1. The molecule has 0 aliphatic heterocycles. The van der Waals surface area contributed by atoms with Crippen LogP contribution in [0.15, 0.2) is 72.4 Å². The van der Waals surface area contributed by atoms with Gasteiger partial charge in [0.2, 0.25) is 5.88 Å². The molecule has 0 aliphatic carbocycles. The first kappa shape index (κ1) is 27.6. The Morgan fingerprint density at radius 1 is 1.26 bits per heavy atom. The summed E-state index contributed by atoms with van der Waals surface area (Å²) in [6, 6.07) is 7.50. The van der Waals surface area contributed by atoms with Crippen LogP contribution in [-0.4, -0.2) is 41.5 Å². The Morgan fingerprint density at radius 3 is 2.71 bits per heavy atom. The number of rotatable bonds is 11. The average Bonchev–Trinajstić information content (AvgIpc) is 2.75. The Bertz CT molecular complexity index is 915. The first-order chi connectivity index (χ1) is 14.1. The summed E-state index contributed by atoms with van der Waals surface area (Å²) in [4.78, 5) is 25.3. The maximum Gasteiger partial charge on any atom is 0.347 e. The van der Waals surface area contributed by atoms with Gasteiger partial charge in [-0.25, -0.2) is 14.8 Å². The van der Waals surface area contributed by atoms with Crippen molar-refractivity contribution >= 4 is 35.6 Å². The quantitative estimate of drug-likeness (QED) is 0.123. The lowest BCUT2D eigenvalue weighted by atomic mass is 10.3. The Labute approximate surface area is 188 Å². The number of aromatic nitrogens is 2. The number of allylic oxidation sites excluding steroid dienone is 3.